The highest BCUT2D eigenvalue weighted by Gasteiger charge is 2.43. The summed E-state index contributed by atoms with van der Waals surface area (Å²) in [7, 11) is 0. The van der Waals surface area contributed by atoms with E-state index >= 15 is 0 Å². The first-order valence-electron chi connectivity index (χ1n) is 7.53. The van der Waals surface area contributed by atoms with Gasteiger partial charge in [0.15, 0.2) is 5.78 Å². The number of hydrogen-bond acceptors (Lipinski definition) is 4. The molecule has 1 atom stereocenters. The molecule has 4 nitrogen and oxygen atoms in total. The van der Waals surface area contributed by atoms with Crippen LogP contribution in [0.5, 0.6) is 0 Å². The van der Waals surface area contributed by atoms with Crippen molar-refractivity contribution in [2.24, 2.45) is 11.1 Å². The largest absolute Gasteiger partial charge is 0.444 e. The molecule has 0 spiro atoms. The van der Waals surface area contributed by atoms with Gasteiger partial charge < -0.3 is 10.5 Å². The number of nitrogens with zero attached hydrogens (tertiary/aromatic N) is 1. The lowest BCUT2D eigenvalue weighted by molar-refractivity contribution is -0.119. The van der Waals surface area contributed by atoms with Gasteiger partial charge in [0.05, 0.1) is 16.0 Å². The molecule has 124 valence electrons. The van der Waals surface area contributed by atoms with Crippen LogP contribution in [0.3, 0.4) is 0 Å². The number of hydrogen-bond donors (Lipinski definition) is 1. The molecule has 0 unspecified atom stereocenters. The normalized spacial score (nSPS) is 22.8. The van der Waals surface area contributed by atoms with E-state index in [-0.39, 0.29) is 22.7 Å². The summed E-state index contributed by atoms with van der Waals surface area (Å²) in [6.07, 6.45) is 0.949. The van der Waals surface area contributed by atoms with Crippen molar-refractivity contribution in [1.29, 1.82) is 5.26 Å². The van der Waals surface area contributed by atoms with Gasteiger partial charge in [-0.2, -0.15) is 5.26 Å². The predicted octanol–water partition coefficient (Wildman–Crippen LogP) is 4.44. The van der Waals surface area contributed by atoms with Crippen molar-refractivity contribution in [3.8, 4) is 6.07 Å². The van der Waals surface area contributed by atoms with Crippen molar-refractivity contribution in [2.75, 3.05) is 0 Å². The maximum atomic E-state index is 12.8. The lowest BCUT2D eigenvalue weighted by Gasteiger charge is -2.37. The van der Waals surface area contributed by atoms with Crippen LogP contribution in [-0.4, -0.2) is 5.78 Å². The first-order valence-corrected chi connectivity index (χ1v) is 8.28. The van der Waals surface area contributed by atoms with E-state index in [1.165, 1.54) is 0 Å². The van der Waals surface area contributed by atoms with Crippen LogP contribution < -0.4 is 5.73 Å². The fourth-order valence-electron chi connectivity index (χ4n) is 3.34. The van der Waals surface area contributed by atoms with Crippen LogP contribution in [0.15, 0.2) is 41.0 Å². The second kappa shape index (κ2) is 5.84. The molecule has 1 heterocycles. The van der Waals surface area contributed by atoms with Crippen molar-refractivity contribution in [3.63, 3.8) is 0 Å². The Balaban J connectivity index is 2.24. The first kappa shape index (κ1) is 16.9. The first-order chi connectivity index (χ1) is 11.2. The van der Waals surface area contributed by atoms with E-state index in [0.717, 1.165) is 0 Å². The SMILES string of the molecule is CC1(C)CC(=O)C2=C(C1)OC(N)=C(C#N)[C@@H]2c1cccc(Cl)c1Cl. The second-order valence-electron chi connectivity index (χ2n) is 6.85. The molecule has 2 N–H and O–H groups in total. The van der Waals surface area contributed by atoms with Gasteiger partial charge in [-0.05, 0) is 17.0 Å². The third kappa shape index (κ3) is 2.68. The van der Waals surface area contributed by atoms with Crippen LogP contribution in [0.2, 0.25) is 10.0 Å². The average molecular weight is 363 g/mol. The summed E-state index contributed by atoms with van der Waals surface area (Å²) in [6, 6.07) is 7.22. The minimum Gasteiger partial charge on any atom is -0.444 e. The summed E-state index contributed by atoms with van der Waals surface area (Å²) in [5.41, 5.74) is 6.98. The van der Waals surface area contributed by atoms with E-state index in [4.69, 9.17) is 33.7 Å². The summed E-state index contributed by atoms with van der Waals surface area (Å²) < 4.78 is 5.64. The lowest BCUT2D eigenvalue weighted by atomic mass is 9.70. The second-order valence-corrected chi connectivity index (χ2v) is 7.63. The van der Waals surface area contributed by atoms with Crippen molar-refractivity contribution >= 4 is 29.0 Å². The minimum atomic E-state index is -0.645. The molecule has 0 bridgehead atoms. The fourth-order valence-corrected chi connectivity index (χ4v) is 3.76. The van der Waals surface area contributed by atoms with Crippen molar-refractivity contribution < 1.29 is 9.53 Å². The number of carbonyl (C=O) groups is 1. The molecule has 1 aromatic rings. The molecular weight excluding hydrogens is 347 g/mol. The van der Waals surface area contributed by atoms with Crippen LogP contribution in [0.4, 0.5) is 0 Å². The zero-order valence-corrected chi connectivity index (χ0v) is 14.8. The Hall–Kier alpha value is -1.96. The van der Waals surface area contributed by atoms with Gasteiger partial charge in [-0.15, -0.1) is 0 Å². The number of rotatable bonds is 1. The van der Waals surface area contributed by atoms with E-state index in [2.05, 4.69) is 6.07 Å². The Labute approximate surface area is 150 Å². The summed E-state index contributed by atoms with van der Waals surface area (Å²) in [5.74, 6) is -0.160. The molecule has 0 radical (unpaired) electrons. The number of ether oxygens (including phenoxy) is 1. The molecule has 0 saturated carbocycles. The van der Waals surface area contributed by atoms with Crippen LogP contribution in [-0.2, 0) is 9.53 Å². The zero-order valence-electron chi connectivity index (χ0n) is 13.3. The molecule has 3 rings (SSSR count). The van der Waals surface area contributed by atoms with E-state index in [1.807, 2.05) is 13.8 Å². The molecule has 0 amide bonds. The van der Waals surface area contributed by atoms with Gasteiger partial charge >= 0.3 is 0 Å². The summed E-state index contributed by atoms with van der Waals surface area (Å²) >= 11 is 12.5. The van der Waals surface area contributed by atoms with Crippen molar-refractivity contribution in [2.45, 2.75) is 32.6 Å². The molecule has 0 fully saturated rings. The van der Waals surface area contributed by atoms with Crippen LogP contribution >= 0.6 is 23.2 Å². The molecule has 0 saturated heterocycles. The van der Waals surface area contributed by atoms with Gasteiger partial charge in [0, 0.05) is 18.4 Å². The average Bonchev–Trinajstić information content (AvgIpc) is 2.47. The van der Waals surface area contributed by atoms with Gasteiger partial charge in [-0.1, -0.05) is 49.2 Å². The number of ketones is 1. The number of nitriles is 1. The van der Waals surface area contributed by atoms with Crippen LogP contribution in [0.25, 0.3) is 0 Å². The maximum Gasteiger partial charge on any atom is 0.205 e. The molecule has 6 heteroatoms. The number of nitrogens with two attached hydrogens (primary N) is 1. The predicted molar refractivity (Wildman–Crippen MR) is 92.2 cm³/mol. The van der Waals surface area contributed by atoms with Gasteiger partial charge in [0.1, 0.15) is 17.4 Å². The molecule has 1 aliphatic carbocycles. The zero-order chi connectivity index (χ0) is 17.6. The van der Waals surface area contributed by atoms with E-state index in [9.17, 15) is 10.1 Å². The highest BCUT2D eigenvalue weighted by atomic mass is 35.5. The van der Waals surface area contributed by atoms with Gasteiger partial charge in [-0.25, -0.2) is 0 Å². The van der Waals surface area contributed by atoms with Gasteiger partial charge in [0.25, 0.3) is 0 Å². The smallest absolute Gasteiger partial charge is 0.205 e. The van der Waals surface area contributed by atoms with E-state index in [1.54, 1.807) is 18.2 Å². The molecule has 0 aromatic heterocycles. The lowest BCUT2D eigenvalue weighted by Crippen LogP contribution is -2.33. The fraction of sp³-hybridized carbons (Fsp3) is 0.333. The highest BCUT2D eigenvalue weighted by Crippen LogP contribution is 2.49. The van der Waals surface area contributed by atoms with Gasteiger partial charge in [-0.3, -0.25) is 4.79 Å². The molecular formula is C18H16Cl2N2O2. The number of halogens is 2. The van der Waals surface area contributed by atoms with E-state index < -0.39 is 5.92 Å². The van der Waals surface area contributed by atoms with Crippen molar-refractivity contribution in [3.05, 3.63) is 56.6 Å². The van der Waals surface area contributed by atoms with Crippen molar-refractivity contribution in [1.82, 2.24) is 0 Å². The monoisotopic (exact) mass is 362 g/mol. The quantitative estimate of drug-likeness (QED) is 0.800. The molecule has 2 aliphatic rings. The Kier molecular flexibility index (Phi) is 4.11. The topological polar surface area (TPSA) is 76.1 Å². The summed E-state index contributed by atoms with van der Waals surface area (Å²) in [4.78, 5) is 12.8. The minimum absolute atomic E-state index is 0.0165. The number of benzene rings is 1. The molecule has 24 heavy (non-hydrogen) atoms. The van der Waals surface area contributed by atoms with Crippen LogP contribution in [0.1, 0.15) is 38.2 Å². The maximum absolute atomic E-state index is 12.8. The summed E-state index contributed by atoms with van der Waals surface area (Å²) in [6.45, 7) is 4.00. The highest BCUT2D eigenvalue weighted by molar-refractivity contribution is 6.42. The summed E-state index contributed by atoms with van der Waals surface area (Å²) in [5, 5.41) is 10.2. The number of carbonyl (C=O) groups excluding carboxylic acids is 1. The number of allylic oxidation sites excluding steroid dienone is 3. The third-order valence-corrected chi connectivity index (χ3v) is 5.20. The third-order valence-electron chi connectivity index (χ3n) is 4.37. The molecule has 1 aromatic carbocycles. The van der Waals surface area contributed by atoms with Gasteiger partial charge in [0.2, 0.25) is 5.88 Å². The Morgan fingerprint density at radius 3 is 2.71 bits per heavy atom. The van der Waals surface area contributed by atoms with E-state index in [0.29, 0.717) is 39.8 Å². The Morgan fingerprint density at radius 2 is 2.04 bits per heavy atom. The number of Topliss-reactive ketones (excluding diaryl/α,β-unsaturated/α-hetero) is 1. The standard InChI is InChI=1S/C18H16Cl2N2O2/c1-18(2)6-12(23)15-13(7-18)24-17(22)10(8-21)14(15)9-4-3-5-11(19)16(9)20/h3-5,14H,6-7,22H2,1-2H3/t14-/m0/s1. The molecule has 1 aliphatic heterocycles. The Bertz CT molecular complexity index is 847. The van der Waals surface area contributed by atoms with Crippen LogP contribution in [0, 0.1) is 16.7 Å². The Morgan fingerprint density at radius 1 is 1.33 bits per heavy atom.